The average Bonchev–Trinajstić information content (AvgIpc) is 2.75. The lowest BCUT2D eigenvalue weighted by Gasteiger charge is -2.42. The van der Waals surface area contributed by atoms with Gasteiger partial charge >= 0.3 is 0 Å². The molecule has 1 saturated heterocycles. The Hall–Kier alpha value is 0.1000. The van der Waals surface area contributed by atoms with Gasteiger partial charge in [0.25, 0.3) is 0 Å². The van der Waals surface area contributed by atoms with Crippen molar-refractivity contribution in [3.63, 3.8) is 0 Å². The van der Waals surface area contributed by atoms with Gasteiger partial charge in [-0.15, -0.1) is 11.3 Å². The summed E-state index contributed by atoms with van der Waals surface area (Å²) in [5, 5.41) is 0. The van der Waals surface area contributed by atoms with Gasteiger partial charge in [0.2, 0.25) is 0 Å². The number of piperidine rings is 1. The SMILES string of the molecule is CC(N)C(c1ccc(Br)s1)N1CCC(C(C)(C)C)CC1. The van der Waals surface area contributed by atoms with Crippen LogP contribution in [0.4, 0.5) is 0 Å². The summed E-state index contributed by atoms with van der Waals surface area (Å²) in [4.78, 5) is 3.98. The Morgan fingerprint density at radius 2 is 1.90 bits per heavy atom. The van der Waals surface area contributed by atoms with Crippen molar-refractivity contribution < 1.29 is 0 Å². The quantitative estimate of drug-likeness (QED) is 0.851. The minimum atomic E-state index is 0.173. The Labute approximate surface area is 135 Å². The molecule has 0 spiro atoms. The number of hydrogen-bond acceptors (Lipinski definition) is 3. The van der Waals surface area contributed by atoms with Crippen molar-refractivity contribution in [2.45, 2.75) is 52.6 Å². The molecule has 2 heterocycles. The van der Waals surface area contributed by atoms with Gasteiger partial charge in [-0.05, 0) is 72.3 Å². The van der Waals surface area contributed by atoms with Crippen LogP contribution in [-0.4, -0.2) is 24.0 Å². The monoisotopic (exact) mass is 358 g/mol. The second-order valence-electron chi connectivity index (χ2n) is 7.12. The van der Waals surface area contributed by atoms with E-state index in [2.05, 4.69) is 60.7 Å². The first-order valence-electron chi connectivity index (χ1n) is 7.54. The molecule has 0 aromatic carbocycles. The van der Waals surface area contributed by atoms with Crippen LogP contribution in [-0.2, 0) is 0 Å². The summed E-state index contributed by atoms with van der Waals surface area (Å²) in [6.07, 6.45) is 2.58. The molecule has 0 bridgehead atoms. The number of likely N-dealkylation sites (tertiary alicyclic amines) is 1. The molecule has 1 aliphatic heterocycles. The molecule has 1 aliphatic rings. The molecule has 0 amide bonds. The van der Waals surface area contributed by atoms with E-state index in [4.69, 9.17) is 5.73 Å². The Bertz CT molecular complexity index is 428. The third kappa shape index (κ3) is 3.85. The van der Waals surface area contributed by atoms with Gasteiger partial charge in [-0.1, -0.05) is 20.8 Å². The minimum absolute atomic E-state index is 0.173. The van der Waals surface area contributed by atoms with Crippen molar-refractivity contribution in [1.29, 1.82) is 0 Å². The third-order valence-corrected chi connectivity index (χ3v) is 6.23. The van der Waals surface area contributed by atoms with Crippen molar-refractivity contribution >= 4 is 27.3 Å². The van der Waals surface area contributed by atoms with E-state index in [9.17, 15) is 0 Å². The number of halogens is 1. The van der Waals surface area contributed by atoms with Crippen molar-refractivity contribution in [3.05, 3.63) is 20.8 Å². The third-order valence-electron chi connectivity index (χ3n) is 4.53. The Kier molecular flexibility index (Phi) is 5.33. The molecule has 2 N–H and O–H groups in total. The van der Waals surface area contributed by atoms with E-state index in [0.29, 0.717) is 11.5 Å². The van der Waals surface area contributed by atoms with E-state index in [1.165, 1.54) is 34.6 Å². The molecule has 0 saturated carbocycles. The summed E-state index contributed by atoms with van der Waals surface area (Å²) in [5.74, 6) is 0.836. The molecule has 2 unspecified atom stereocenters. The molecule has 2 rings (SSSR count). The lowest BCUT2D eigenvalue weighted by molar-refractivity contribution is 0.0761. The van der Waals surface area contributed by atoms with E-state index in [1.54, 1.807) is 0 Å². The lowest BCUT2D eigenvalue weighted by Crippen LogP contribution is -2.45. The number of nitrogens with two attached hydrogens (primary N) is 1. The van der Waals surface area contributed by atoms with Crippen molar-refractivity contribution in [2.24, 2.45) is 17.1 Å². The Balaban J connectivity index is 2.06. The van der Waals surface area contributed by atoms with Crippen LogP contribution in [0.3, 0.4) is 0 Å². The van der Waals surface area contributed by atoms with E-state index >= 15 is 0 Å². The summed E-state index contributed by atoms with van der Waals surface area (Å²) in [5.41, 5.74) is 6.71. The number of nitrogens with zero attached hydrogens (tertiary/aromatic N) is 1. The fraction of sp³-hybridized carbons (Fsp3) is 0.750. The second-order valence-corrected chi connectivity index (χ2v) is 9.62. The summed E-state index contributed by atoms with van der Waals surface area (Å²) in [6, 6.07) is 4.90. The molecular formula is C16H27BrN2S. The highest BCUT2D eigenvalue weighted by Crippen LogP contribution is 2.39. The van der Waals surface area contributed by atoms with Gasteiger partial charge in [-0.3, -0.25) is 4.90 Å². The first kappa shape index (κ1) is 16.5. The topological polar surface area (TPSA) is 29.3 Å². The van der Waals surface area contributed by atoms with Gasteiger partial charge < -0.3 is 5.73 Å². The van der Waals surface area contributed by atoms with Crippen LogP contribution in [0.2, 0.25) is 0 Å². The summed E-state index contributed by atoms with van der Waals surface area (Å²) in [6.45, 7) is 11.6. The maximum Gasteiger partial charge on any atom is 0.0702 e. The van der Waals surface area contributed by atoms with Crippen molar-refractivity contribution in [1.82, 2.24) is 4.90 Å². The minimum Gasteiger partial charge on any atom is -0.326 e. The van der Waals surface area contributed by atoms with E-state index in [-0.39, 0.29) is 6.04 Å². The smallest absolute Gasteiger partial charge is 0.0702 e. The zero-order chi connectivity index (χ0) is 14.9. The van der Waals surface area contributed by atoms with E-state index in [1.807, 2.05) is 11.3 Å². The number of hydrogen-bond donors (Lipinski definition) is 1. The van der Waals surface area contributed by atoms with Gasteiger partial charge in [0.1, 0.15) is 0 Å². The largest absolute Gasteiger partial charge is 0.326 e. The van der Waals surface area contributed by atoms with Gasteiger partial charge in [0, 0.05) is 10.9 Å². The molecule has 1 fully saturated rings. The number of thiophene rings is 1. The summed E-state index contributed by atoms with van der Waals surface area (Å²) in [7, 11) is 0. The molecule has 0 radical (unpaired) electrons. The zero-order valence-electron chi connectivity index (χ0n) is 13.0. The molecule has 20 heavy (non-hydrogen) atoms. The fourth-order valence-electron chi connectivity index (χ4n) is 3.30. The first-order chi connectivity index (χ1) is 9.29. The van der Waals surface area contributed by atoms with Gasteiger partial charge in [-0.2, -0.15) is 0 Å². The zero-order valence-corrected chi connectivity index (χ0v) is 15.4. The molecule has 4 heteroatoms. The second kappa shape index (κ2) is 6.47. The highest BCUT2D eigenvalue weighted by Gasteiger charge is 2.33. The molecule has 2 nitrogen and oxygen atoms in total. The molecule has 2 atom stereocenters. The number of rotatable bonds is 3. The predicted octanol–water partition coefficient (Wildman–Crippen LogP) is 4.66. The van der Waals surface area contributed by atoms with E-state index < -0.39 is 0 Å². The fourth-order valence-corrected chi connectivity index (χ4v) is 4.98. The Morgan fingerprint density at radius 1 is 1.30 bits per heavy atom. The van der Waals surface area contributed by atoms with Gasteiger partial charge in [0.05, 0.1) is 9.83 Å². The lowest BCUT2D eigenvalue weighted by atomic mass is 9.75. The normalized spacial score (nSPS) is 21.9. The van der Waals surface area contributed by atoms with Crippen LogP contribution in [0.15, 0.2) is 15.9 Å². The molecular weight excluding hydrogens is 332 g/mol. The Morgan fingerprint density at radius 3 is 2.30 bits per heavy atom. The van der Waals surface area contributed by atoms with E-state index in [0.717, 1.165) is 5.92 Å². The van der Waals surface area contributed by atoms with Gasteiger partial charge in [-0.25, -0.2) is 0 Å². The molecule has 1 aromatic rings. The average molecular weight is 359 g/mol. The highest BCUT2D eigenvalue weighted by atomic mass is 79.9. The first-order valence-corrected chi connectivity index (χ1v) is 9.15. The predicted molar refractivity (Wildman–Crippen MR) is 92.2 cm³/mol. The highest BCUT2D eigenvalue weighted by molar-refractivity contribution is 9.11. The van der Waals surface area contributed by atoms with Crippen LogP contribution < -0.4 is 5.73 Å². The standard InChI is InChI=1S/C16H27BrN2S/c1-11(18)15(13-5-6-14(17)20-13)19-9-7-12(8-10-19)16(2,3)4/h5-6,11-12,15H,7-10,18H2,1-4H3. The van der Waals surface area contributed by atoms with Gasteiger partial charge in [0.15, 0.2) is 0 Å². The van der Waals surface area contributed by atoms with Crippen molar-refractivity contribution in [2.75, 3.05) is 13.1 Å². The van der Waals surface area contributed by atoms with Crippen LogP contribution in [0.5, 0.6) is 0 Å². The summed E-state index contributed by atoms with van der Waals surface area (Å²) >= 11 is 5.39. The maximum atomic E-state index is 6.28. The van der Waals surface area contributed by atoms with Crippen LogP contribution in [0.25, 0.3) is 0 Å². The van der Waals surface area contributed by atoms with Crippen LogP contribution >= 0.6 is 27.3 Å². The van der Waals surface area contributed by atoms with Crippen molar-refractivity contribution in [3.8, 4) is 0 Å². The van der Waals surface area contributed by atoms with Crippen LogP contribution in [0.1, 0.15) is 51.5 Å². The summed E-state index contributed by atoms with van der Waals surface area (Å²) < 4.78 is 1.20. The maximum absolute atomic E-state index is 6.28. The molecule has 1 aromatic heterocycles. The molecule has 0 aliphatic carbocycles. The molecule has 114 valence electrons. The van der Waals surface area contributed by atoms with Crippen LogP contribution in [0, 0.1) is 11.3 Å².